The summed E-state index contributed by atoms with van der Waals surface area (Å²) in [6.07, 6.45) is 0.317. The predicted octanol–water partition coefficient (Wildman–Crippen LogP) is 0.817. The molecule has 0 aliphatic heterocycles. The van der Waals surface area contributed by atoms with E-state index in [-0.39, 0.29) is 11.9 Å². The van der Waals surface area contributed by atoms with Crippen molar-refractivity contribution in [1.29, 1.82) is 0 Å². The number of aromatic amines is 1. The summed E-state index contributed by atoms with van der Waals surface area (Å²) in [6, 6.07) is 5.21. The number of carbonyl (C=O) groups excluding carboxylic acids is 1. The number of rotatable bonds is 4. The predicted molar refractivity (Wildman–Crippen MR) is 71.6 cm³/mol. The van der Waals surface area contributed by atoms with Gasteiger partial charge in [-0.1, -0.05) is 6.07 Å². The van der Waals surface area contributed by atoms with Gasteiger partial charge in [0.2, 0.25) is 5.91 Å². The topological polar surface area (TPSA) is 92.3 Å². The first-order chi connectivity index (χ1) is 8.95. The molecule has 0 saturated heterocycles. The van der Waals surface area contributed by atoms with E-state index < -0.39 is 5.76 Å². The van der Waals surface area contributed by atoms with Gasteiger partial charge in [0.25, 0.3) is 0 Å². The molecular formula is C13H17N3O3. The molecule has 1 aromatic heterocycles. The molecule has 0 radical (unpaired) electrons. The van der Waals surface area contributed by atoms with Crippen LogP contribution in [0.15, 0.2) is 27.4 Å². The molecule has 2 rings (SSSR count). The number of nitrogens with two attached hydrogens (primary N) is 1. The highest BCUT2D eigenvalue weighted by Gasteiger charge is 2.12. The second-order valence-electron chi connectivity index (χ2n) is 4.78. The first-order valence-corrected chi connectivity index (χ1v) is 6.07. The van der Waals surface area contributed by atoms with Crippen molar-refractivity contribution < 1.29 is 9.21 Å². The fraction of sp³-hybridized carbons (Fsp3) is 0.385. The average molecular weight is 263 g/mol. The largest absolute Gasteiger partial charge is 0.417 e. The maximum atomic E-state index is 11.8. The second-order valence-corrected chi connectivity index (χ2v) is 4.78. The Balaban J connectivity index is 2.12. The number of fused-ring (bicyclic) bond motifs is 1. The van der Waals surface area contributed by atoms with Crippen LogP contribution in [0.4, 0.5) is 0 Å². The highest BCUT2D eigenvalue weighted by Crippen LogP contribution is 2.14. The van der Waals surface area contributed by atoms with Gasteiger partial charge in [0.1, 0.15) is 0 Å². The summed E-state index contributed by atoms with van der Waals surface area (Å²) < 4.78 is 4.98. The van der Waals surface area contributed by atoms with Gasteiger partial charge in [-0.3, -0.25) is 9.78 Å². The molecule has 1 aromatic carbocycles. The van der Waals surface area contributed by atoms with Crippen molar-refractivity contribution in [2.24, 2.45) is 5.73 Å². The molecule has 0 bridgehead atoms. The van der Waals surface area contributed by atoms with E-state index in [9.17, 15) is 9.59 Å². The lowest BCUT2D eigenvalue weighted by molar-refractivity contribution is -0.130. The number of oxazole rings is 1. The number of amides is 1. The lowest BCUT2D eigenvalue weighted by Crippen LogP contribution is -2.31. The number of hydrogen-bond donors (Lipinski definition) is 2. The molecule has 0 aliphatic carbocycles. The number of nitrogens with one attached hydrogen (secondary N) is 1. The Labute approximate surface area is 110 Å². The average Bonchev–Trinajstić information content (AvgIpc) is 2.67. The molecule has 1 amide bonds. The normalized spacial score (nSPS) is 12.6. The molecule has 0 saturated carbocycles. The van der Waals surface area contributed by atoms with Crippen LogP contribution in [0, 0.1) is 0 Å². The lowest BCUT2D eigenvalue weighted by Gasteiger charge is -2.18. The fourth-order valence-corrected chi connectivity index (χ4v) is 1.88. The minimum atomic E-state index is -0.478. The van der Waals surface area contributed by atoms with Crippen LogP contribution in [0.25, 0.3) is 11.1 Å². The van der Waals surface area contributed by atoms with Crippen molar-refractivity contribution in [3.05, 3.63) is 34.3 Å². The zero-order chi connectivity index (χ0) is 14.0. The SMILES string of the molecule is CC(N)CC(=O)N(C)Cc1ccc2[nH]c(=O)oc2c1. The Hall–Kier alpha value is -2.08. The van der Waals surface area contributed by atoms with Crippen LogP contribution in [0.1, 0.15) is 18.9 Å². The molecule has 102 valence electrons. The summed E-state index contributed by atoms with van der Waals surface area (Å²) in [5.74, 6) is -0.487. The molecule has 19 heavy (non-hydrogen) atoms. The Morgan fingerprint density at radius 2 is 2.26 bits per heavy atom. The van der Waals surface area contributed by atoms with E-state index >= 15 is 0 Å². The van der Waals surface area contributed by atoms with Crippen LogP contribution in [0.2, 0.25) is 0 Å². The first-order valence-electron chi connectivity index (χ1n) is 6.07. The Bertz CT molecular complexity index is 642. The third kappa shape index (κ3) is 3.23. The summed E-state index contributed by atoms with van der Waals surface area (Å²) >= 11 is 0. The van der Waals surface area contributed by atoms with Gasteiger partial charge in [-0.25, -0.2) is 4.79 Å². The van der Waals surface area contributed by atoms with E-state index in [4.69, 9.17) is 10.2 Å². The molecule has 0 fully saturated rings. The molecule has 0 spiro atoms. The lowest BCUT2D eigenvalue weighted by atomic mass is 10.2. The summed E-state index contributed by atoms with van der Waals surface area (Å²) in [7, 11) is 1.72. The number of nitrogens with zero attached hydrogens (tertiary/aromatic N) is 1. The molecule has 2 aromatic rings. The van der Waals surface area contributed by atoms with E-state index in [2.05, 4.69) is 4.98 Å². The fourth-order valence-electron chi connectivity index (χ4n) is 1.88. The molecule has 1 heterocycles. The van der Waals surface area contributed by atoms with Crippen molar-refractivity contribution in [3.8, 4) is 0 Å². The van der Waals surface area contributed by atoms with E-state index in [1.165, 1.54) is 0 Å². The van der Waals surface area contributed by atoms with Crippen LogP contribution in [-0.2, 0) is 11.3 Å². The monoisotopic (exact) mass is 263 g/mol. The van der Waals surface area contributed by atoms with Gasteiger partial charge in [-0.05, 0) is 24.6 Å². The van der Waals surface area contributed by atoms with Crippen molar-refractivity contribution in [2.45, 2.75) is 25.9 Å². The minimum absolute atomic E-state index is 0.00869. The standard InChI is InChI=1S/C13H17N3O3/c1-8(14)5-12(17)16(2)7-9-3-4-10-11(6-9)19-13(18)15-10/h3-4,6,8H,5,7,14H2,1-2H3,(H,15,18). The van der Waals surface area contributed by atoms with Crippen LogP contribution >= 0.6 is 0 Å². The number of aromatic nitrogens is 1. The summed E-state index contributed by atoms with van der Waals surface area (Å²) in [5, 5.41) is 0. The number of carbonyl (C=O) groups is 1. The van der Waals surface area contributed by atoms with Crippen LogP contribution in [0.3, 0.4) is 0 Å². The maximum absolute atomic E-state index is 11.8. The van der Waals surface area contributed by atoms with Gasteiger partial charge >= 0.3 is 5.76 Å². The smallest absolute Gasteiger partial charge is 0.408 e. The van der Waals surface area contributed by atoms with Crippen molar-refractivity contribution in [3.63, 3.8) is 0 Å². The number of H-pyrrole nitrogens is 1. The first kappa shape index (κ1) is 13.4. The van der Waals surface area contributed by atoms with Crippen molar-refractivity contribution >= 4 is 17.0 Å². The Kier molecular flexibility index (Phi) is 3.71. The molecule has 0 aliphatic rings. The van der Waals surface area contributed by atoms with E-state index in [1.807, 2.05) is 6.07 Å². The van der Waals surface area contributed by atoms with Gasteiger partial charge in [0, 0.05) is 26.1 Å². The Morgan fingerprint density at radius 1 is 1.53 bits per heavy atom. The van der Waals surface area contributed by atoms with E-state index in [0.717, 1.165) is 5.56 Å². The van der Waals surface area contributed by atoms with Crippen LogP contribution in [-0.4, -0.2) is 28.9 Å². The number of benzene rings is 1. The van der Waals surface area contributed by atoms with Gasteiger partial charge in [0.15, 0.2) is 5.58 Å². The minimum Gasteiger partial charge on any atom is -0.408 e. The zero-order valence-corrected chi connectivity index (χ0v) is 11.0. The second kappa shape index (κ2) is 5.27. The molecule has 6 nitrogen and oxygen atoms in total. The van der Waals surface area contributed by atoms with Gasteiger partial charge < -0.3 is 15.1 Å². The number of hydrogen-bond acceptors (Lipinski definition) is 4. The van der Waals surface area contributed by atoms with Crippen LogP contribution in [0.5, 0.6) is 0 Å². The van der Waals surface area contributed by atoms with Gasteiger partial charge in [0.05, 0.1) is 5.52 Å². The van der Waals surface area contributed by atoms with Crippen LogP contribution < -0.4 is 11.5 Å². The molecule has 1 unspecified atom stereocenters. The van der Waals surface area contributed by atoms with Crippen molar-refractivity contribution in [1.82, 2.24) is 9.88 Å². The molecule has 6 heteroatoms. The third-order valence-corrected chi connectivity index (χ3v) is 2.83. The summed E-state index contributed by atoms with van der Waals surface area (Å²) in [5.41, 5.74) is 7.65. The van der Waals surface area contributed by atoms with Crippen molar-refractivity contribution in [2.75, 3.05) is 7.05 Å². The zero-order valence-electron chi connectivity index (χ0n) is 11.0. The third-order valence-electron chi connectivity index (χ3n) is 2.83. The van der Waals surface area contributed by atoms with E-state index in [0.29, 0.717) is 24.1 Å². The highest BCUT2D eigenvalue weighted by atomic mass is 16.4. The quantitative estimate of drug-likeness (QED) is 0.854. The maximum Gasteiger partial charge on any atom is 0.417 e. The molecular weight excluding hydrogens is 246 g/mol. The summed E-state index contributed by atoms with van der Waals surface area (Å²) in [4.78, 5) is 27.0. The molecule has 1 atom stereocenters. The van der Waals surface area contributed by atoms with Gasteiger partial charge in [-0.15, -0.1) is 0 Å². The summed E-state index contributed by atoms with van der Waals surface area (Å²) in [6.45, 7) is 2.25. The Morgan fingerprint density at radius 3 is 2.95 bits per heavy atom. The van der Waals surface area contributed by atoms with E-state index in [1.54, 1.807) is 31.0 Å². The highest BCUT2D eigenvalue weighted by molar-refractivity contribution is 5.77. The molecule has 3 N–H and O–H groups in total. The van der Waals surface area contributed by atoms with Gasteiger partial charge in [-0.2, -0.15) is 0 Å².